The molecule has 1 aromatic carbocycles. The second-order valence-corrected chi connectivity index (χ2v) is 5.66. The number of nitrogens with two attached hydrogens (primary N) is 1. The first kappa shape index (κ1) is 14.9. The highest BCUT2D eigenvalue weighted by atomic mass is 16.5. The molecule has 0 saturated carbocycles. The fourth-order valence-corrected chi connectivity index (χ4v) is 2.61. The van der Waals surface area contributed by atoms with Gasteiger partial charge in [-0.25, -0.2) is 0 Å². The molecule has 0 spiro atoms. The number of para-hydroxylation sites is 1. The van der Waals surface area contributed by atoms with E-state index in [4.69, 9.17) is 10.5 Å². The zero-order valence-electron chi connectivity index (χ0n) is 12.3. The highest BCUT2D eigenvalue weighted by molar-refractivity contribution is 5.77. The molecule has 1 aliphatic heterocycles. The van der Waals surface area contributed by atoms with Crippen LogP contribution in [0, 0.1) is 12.8 Å². The molecule has 1 aliphatic rings. The first-order chi connectivity index (χ1) is 9.58. The van der Waals surface area contributed by atoms with Crippen LogP contribution in [0.3, 0.4) is 0 Å². The van der Waals surface area contributed by atoms with Gasteiger partial charge in [-0.05, 0) is 44.2 Å². The topological polar surface area (TPSA) is 55.6 Å². The number of nitrogens with zero attached hydrogens (tertiary/aromatic N) is 1. The average Bonchev–Trinajstić information content (AvgIpc) is 2.46. The molecular formula is C16H24N2O2. The fraction of sp³-hybridized carbons (Fsp3) is 0.562. The summed E-state index contributed by atoms with van der Waals surface area (Å²) in [6.07, 6.45) is 2.14. The zero-order valence-corrected chi connectivity index (χ0v) is 12.3. The third-order valence-electron chi connectivity index (χ3n) is 4.00. The van der Waals surface area contributed by atoms with Crippen LogP contribution in [-0.2, 0) is 4.79 Å². The van der Waals surface area contributed by atoms with E-state index >= 15 is 0 Å². The van der Waals surface area contributed by atoms with Gasteiger partial charge in [-0.1, -0.05) is 18.2 Å². The summed E-state index contributed by atoms with van der Waals surface area (Å²) < 4.78 is 5.63. The first-order valence-corrected chi connectivity index (χ1v) is 7.29. The Morgan fingerprint density at radius 3 is 2.95 bits per heavy atom. The van der Waals surface area contributed by atoms with Gasteiger partial charge in [0.15, 0.2) is 6.61 Å². The largest absolute Gasteiger partial charge is 0.484 e. The maximum atomic E-state index is 12.2. The van der Waals surface area contributed by atoms with Crippen LogP contribution in [-0.4, -0.2) is 36.5 Å². The molecule has 0 aromatic heterocycles. The fourth-order valence-electron chi connectivity index (χ4n) is 2.61. The molecule has 2 atom stereocenters. The number of benzene rings is 1. The molecule has 1 aromatic rings. The molecular weight excluding hydrogens is 252 g/mol. The maximum Gasteiger partial charge on any atom is 0.260 e. The number of piperidine rings is 1. The predicted molar refractivity (Wildman–Crippen MR) is 79.6 cm³/mol. The van der Waals surface area contributed by atoms with Crippen LogP contribution in [0.1, 0.15) is 25.3 Å². The van der Waals surface area contributed by atoms with E-state index in [9.17, 15) is 4.79 Å². The molecule has 1 heterocycles. The molecule has 2 rings (SSSR count). The van der Waals surface area contributed by atoms with Crippen molar-refractivity contribution in [2.75, 3.05) is 19.7 Å². The van der Waals surface area contributed by atoms with Gasteiger partial charge in [0.2, 0.25) is 0 Å². The van der Waals surface area contributed by atoms with E-state index in [2.05, 4.69) is 0 Å². The van der Waals surface area contributed by atoms with Crippen LogP contribution < -0.4 is 10.5 Å². The van der Waals surface area contributed by atoms with Gasteiger partial charge in [-0.3, -0.25) is 4.79 Å². The number of ether oxygens (including phenoxy) is 1. The second-order valence-electron chi connectivity index (χ2n) is 5.66. The Balaban J connectivity index is 1.87. The molecule has 4 heteroatoms. The number of likely N-dealkylation sites (tertiary alicyclic amines) is 1. The quantitative estimate of drug-likeness (QED) is 0.914. The summed E-state index contributed by atoms with van der Waals surface area (Å²) in [5, 5.41) is 0. The highest BCUT2D eigenvalue weighted by Crippen LogP contribution is 2.20. The minimum absolute atomic E-state index is 0.0543. The van der Waals surface area contributed by atoms with Crippen LogP contribution in [0.15, 0.2) is 24.3 Å². The summed E-state index contributed by atoms with van der Waals surface area (Å²) in [5.74, 6) is 1.24. The number of carbonyl (C=O) groups excluding carboxylic acids is 1. The smallest absolute Gasteiger partial charge is 0.260 e. The van der Waals surface area contributed by atoms with Crippen LogP contribution in [0.2, 0.25) is 0 Å². The third kappa shape index (κ3) is 3.73. The number of rotatable bonds is 4. The van der Waals surface area contributed by atoms with E-state index in [1.165, 1.54) is 0 Å². The maximum absolute atomic E-state index is 12.2. The van der Waals surface area contributed by atoms with Gasteiger partial charge in [0.25, 0.3) is 5.91 Å². The van der Waals surface area contributed by atoms with Crippen LogP contribution >= 0.6 is 0 Å². The summed E-state index contributed by atoms with van der Waals surface area (Å²) in [7, 11) is 0. The average molecular weight is 276 g/mol. The Morgan fingerprint density at radius 2 is 2.25 bits per heavy atom. The van der Waals surface area contributed by atoms with E-state index < -0.39 is 0 Å². The van der Waals surface area contributed by atoms with E-state index in [0.29, 0.717) is 5.92 Å². The molecule has 1 amide bonds. The van der Waals surface area contributed by atoms with E-state index in [0.717, 1.165) is 37.2 Å². The van der Waals surface area contributed by atoms with Crippen LogP contribution in [0.25, 0.3) is 0 Å². The molecule has 0 bridgehead atoms. The highest BCUT2D eigenvalue weighted by Gasteiger charge is 2.25. The van der Waals surface area contributed by atoms with Gasteiger partial charge in [0.05, 0.1) is 0 Å². The van der Waals surface area contributed by atoms with Crippen LogP contribution in [0.5, 0.6) is 5.75 Å². The Labute approximate surface area is 120 Å². The molecule has 1 fully saturated rings. The Bertz CT molecular complexity index is 460. The molecule has 0 unspecified atom stereocenters. The van der Waals surface area contributed by atoms with Crippen molar-refractivity contribution in [2.24, 2.45) is 11.7 Å². The minimum atomic E-state index is 0.0543. The van der Waals surface area contributed by atoms with Gasteiger partial charge < -0.3 is 15.4 Å². The summed E-state index contributed by atoms with van der Waals surface area (Å²) in [4.78, 5) is 14.1. The molecule has 4 nitrogen and oxygen atoms in total. The monoisotopic (exact) mass is 276 g/mol. The second kappa shape index (κ2) is 6.75. The van der Waals surface area contributed by atoms with Crippen molar-refractivity contribution in [3.05, 3.63) is 29.8 Å². The van der Waals surface area contributed by atoms with E-state index in [1.807, 2.05) is 43.0 Å². The van der Waals surface area contributed by atoms with Crippen molar-refractivity contribution in [1.82, 2.24) is 4.90 Å². The van der Waals surface area contributed by atoms with Crippen molar-refractivity contribution in [3.63, 3.8) is 0 Å². The summed E-state index contributed by atoms with van der Waals surface area (Å²) in [5.41, 5.74) is 6.99. The van der Waals surface area contributed by atoms with Crippen molar-refractivity contribution in [2.45, 2.75) is 32.7 Å². The molecule has 20 heavy (non-hydrogen) atoms. The van der Waals surface area contributed by atoms with E-state index in [1.54, 1.807) is 0 Å². The summed E-state index contributed by atoms with van der Waals surface area (Å²) in [6, 6.07) is 7.89. The van der Waals surface area contributed by atoms with Crippen LogP contribution in [0.4, 0.5) is 0 Å². The molecule has 110 valence electrons. The number of hydrogen-bond acceptors (Lipinski definition) is 3. The van der Waals surface area contributed by atoms with Crippen molar-refractivity contribution in [3.8, 4) is 5.75 Å². The lowest BCUT2D eigenvalue weighted by atomic mass is 9.92. The van der Waals surface area contributed by atoms with Crippen molar-refractivity contribution >= 4 is 5.91 Å². The van der Waals surface area contributed by atoms with Gasteiger partial charge >= 0.3 is 0 Å². The van der Waals surface area contributed by atoms with Gasteiger partial charge in [0, 0.05) is 19.1 Å². The summed E-state index contributed by atoms with van der Waals surface area (Å²) >= 11 is 0. The lowest BCUT2D eigenvalue weighted by Gasteiger charge is -2.34. The SMILES string of the molecule is Cc1ccccc1OCC(=O)N1CCC[C@H]([C@H](C)N)C1. The number of aryl methyl sites for hydroxylation is 1. The molecule has 2 N–H and O–H groups in total. The standard InChI is InChI=1S/C16H24N2O2/c1-12-6-3-4-8-15(12)20-11-16(19)18-9-5-7-14(10-18)13(2)17/h3-4,6,8,13-14H,5,7,9-11,17H2,1-2H3/t13-,14-/m0/s1. The number of carbonyl (C=O) groups is 1. The Morgan fingerprint density at radius 1 is 1.50 bits per heavy atom. The summed E-state index contributed by atoms with van der Waals surface area (Å²) in [6.45, 7) is 5.68. The van der Waals surface area contributed by atoms with Crippen molar-refractivity contribution in [1.29, 1.82) is 0 Å². The zero-order chi connectivity index (χ0) is 14.5. The molecule has 0 aliphatic carbocycles. The lowest BCUT2D eigenvalue weighted by Crippen LogP contribution is -2.46. The lowest BCUT2D eigenvalue weighted by molar-refractivity contribution is -0.135. The number of amides is 1. The molecule has 1 saturated heterocycles. The third-order valence-corrected chi connectivity index (χ3v) is 4.00. The Hall–Kier alpha value is -1.55. The van der Waals surface area contributed by atoms with E-state index in [-0.39, 0.29) is 18.6 Å². The predicted octanol–water partition coefficient (Wildman–Crippen LogP) is 1.96. The number of hydrogen-bond donors (Lipinski definition) is 1. The van der Waals surface area contributed by atoms with Gasteiger partial charge in [-0.15, -0.1) is 0 Å². The van der Waals surface area contributed by atoms with Gasteiger partial charge in [-0.2, -0.15) is 0 Å². The van der Waals surface area contributed by atoms with Gasteiger partial charge in [0.1, 0.15) is 5.75 Å². The minimum Gasteiger partial charge on any atom is -0.484 e. The first-order valence-electron chi connectivity index (χ1n) is 7.29. The normalized spacial score (nSPS) is 20.6. The Kier molecular flexibility index (Phi) is 5.01. The molecule has 0 radical (unpaired) electrons. The van der Waals surface area contributed by atoms with Crippen molar-refractivity contribution < 1.29 is 9.53 Å².